The summed E-state index contributed by atoms with van der Waals surface area (Å²) in [7, 11) is 0. The van der Waals surface area contributed by atoms with Crippen molar-refractivity contribution >= 4 is 12.1 Å². The molecule has 1 aromatic rings. The minimum absolute atomic E-state index is 0.210. The highest BCUT2D eigenvalue weighted by Crippen LogP contribution is 2.09. The van der Waals surface area contributed by atoms with Gasteiger partial charge in [-0.25, -0.2) is 0 Å². The van der Waals surface area contributed by atoms with Crippen molar-refractivity contribution in [2.75, 3.05) is 0 Å². The highest BCUT2D eigenvalue weighted by atomic mass is 16.2. The molecule has 0 bridgehead atoms. The Morgan fingerprint density at radius 2 is 1.88 bits per heavy atom. The summed E-state index contributed by atoms with van der Waals surface area (Å²) in [5.41, 5.74) is 3.57. The zero-order chi connectivity index (χ0) is 12.0. The molecule has 0 aromatic heterocycles. The van der Waals surface area contributed by atoms with Gasteiger partial charge in [0.15, 0.2) is 12.1 Å². The van der Waals surface area contributed by atoms with Crippen LogP contribution in [0.4, 0.5) is 0 Å². The first-order chi connectivity index (χ1) is 7.61. The SMILES string of the molecule is CC(=CCC(=O)C=O)Cc1ccc(C)cc1. The summed E-state index contributed by atoms with van der Waals surface area (Å²) < 4.78 is 0. The summed E-state index contributed by atoms with van der Waals surface area (Å²) in [6.45, 7) is 4.02. The van der Waals surface area contributed by atoms with Gasteiger partial charge in [0.25, 0.3) is 0 Å². The maximum Gasteiger partial charge on any atom is 0.198 e. The first-order valence-corrected chi connectivity index (χ1v) is 5.31. The lowest BCUT2D eigenvalue weighted by Gasteiger charge is -2.02. The van der Waals surface area contributed by atoms with E-state index >= 15 is 0 Å². The van der Waals surface area contributed by atoms with Crippen molar-refractivity contribution in [2.45, 2.75) is 26.7 Å². The van der Waals surface area contributed by atoms with E-state index in [4.69, 9.17) is 0 Å². The van der Waals surface area contributed by atoms with E-state index in [1.807, 2.05) is 13.0 Å². The van der Waals surface area contributed by atoms with Gasteiger partial charge in [-0.2, -0.15) is 0 Å². The maximum atomic E-state index is 10.8. The van der Waals surface area contributed by atoms with Crippen LogP contribution in [0, 0.1) is 6.92 Å². The molecule has 0 N–H and O–H groups in total. The molecule has 0 saturated carbocycles. The Morgan fingerprint density at radius 1 is 1.25 bits per heavy atom. The van der Waals surface area contributed by atoms with Gasteiger partial charge in [0.2, 0.25) is 0 Å². The van der Waals surface area contributed by atoms with Gasteiger partial charge in [0.05, 0.1) is 0 Å². The summed E-state index contributed by atoms with van der Waals surface area (Å²) in [5, 5.41) is 0. The molecule has 16 heavy (non-hydrogen) atoms. The molecule has 0 amide bonds. The monoisotopic (exact) mass is 216 g/mol. The molecule has 0 aliphatic rings. The zero-order valence-corrected chi connectivity index (χ0v) is 9.69. The largest absolute Gasteiger partial charge is 0.295 e. The zero-order valence-electron chi connectivity index (χ0n) is 9.69. The van der Waals surface area contributed by atoms with Crippen molar-refractivity contribution in [3.05, 3.63) is 47.0 Å². The molecule has 0 aliphatic carbocycles. The highest BCUT2D eigenvalue weighted by molar-refractivity contribution is 6.25. The lowest BCUT2D eigenvalue weighted by Crippen LogP contribution is -1.96. The number of allylic oxidation sites excluding steroid dienone is 2. The van der Waals surface area contributed by atoms with E-state index in [1.54, 1.807) is 0 Å². The lowest BCUT2D eigenvalue weighted by molar-refractivity contribution is -0.129. The summed E-state index contributed by atoms with van der Waals surface area (Å²) in [5.74, 6) is -0.372. The molecular formula is C14H16O2. The summed E-state index contributed by atoms with van der Waals surface area (Å²) >= 11 is 0. The fourth-order valence-electron chi connectivity index (χ4n) is 1.42. The van der Waals surface area contributed by atoms with E-state index in [0.29, 0.717) is 6.29 Å². The maximum absolute atomic E-state index is 10.8. The Bertz CT molecular complexity index is 399. The van der Waals surface area contributed by atoms with Crippen LogP contribution in [0.3, 0.4) is 0 Å². The third kappa shape index (κ3) is 4.22. The molecule has 0 saturated heterocycles. The fraction of sp³-hybridized carbons (Fsp3) is 0.286. The van der Waals surface area contributed by atoms with Gasteiger partial charge < -0.3 is 0 Å². The number of hydrogen-bond donors (Lipinski definition) is 0. The minimum atomic E-state index is -0.372. The molecule has 1 aromatic carbocycles. The quantitative estimate of drug-likeness (QED) is 0.431. The first-order valence-electron chi connectivity index (χ1n) is 5.31. The molecule has 2 heteroatoms. The van der Waals surface area contributed by atoms with Crippen LogP contribution in [0.15, 0.2) is 35.9 Å². The Kier molecular flexibility index (Phi) is 4.65. The van der Waals surface area contributed by atoms with Crippen LogP contribution in [0.5, 0.6) is 0 Å². The van der Waals surface area contributed by atoms with E-state index in [-0.39, 0.29) is 12.2 Å². The van der Waals surface area contributed by atoms with Gasteiger partial charge in [-0.3, -0.25) is 9.59 Å². The molecule has 0 atom stereocenters. The molecule has 0 unspecified atom stereocenters. The van der Waals surface area contributed by atoms with E-state index in [1.165, 1.54) is 11.1 Å². The molecule has 0 spiro atoms. The normalized spacial score (nSPS) is 11.2. The molecule has 2 nitrogen and oxygen atoms in total. The standard InChI is InChI=1S/C14H16O2/c1-11-3-6-13(7-4-11)9-12(2)5-8-14(16)10-15/h3-7,10H,8-9H2,1-2H3. The van der Waals surface area contributed by atoms with Crippen molar-refractivity contribution in [2.24, 2.45) is 0 Å². The van der Waals surface area contributed by atoms with Crippen molar-refractivity contribution in [3.8, 4) is 0 Å². The molecule has 0 heterocycles. The number of rotatable bonds is 5. The molecule has 1 rings (SSSR count). The number of hydrogen-bond acceptors (Lipinski definition) is 2. The summed E-state index contributed by atoms with van der Waals surface area (Å²) in [4.78, 5) is 20.9. The third-order valence-electron chi connectivity index (χ3n) is 2.39. The minimum Gasteiger partial charge on any atom is -0.295 e. The Labute approximate surface area is 96.0 Å². The number of aryl methyl sites for hydroxylation is 1. The van der Waals surface area contributed by atoms with Crippen molar-refractivity contribution in [1.29, 1.82) is 0 Å². The van der Waals surface area contributed by atoms with E-state index in [0.717, 1.165) is 12.0 Å². The van der Waals surface area contributed by atoms with Crippen LogP contribution in [-0.2, 0) is 16.0 Å². The topological polar surface area (TPSA) is 34.1 Å². The van der Waals surface area contributed by atoms with Gasteiger partial charge in [-0.15, -0.1) is 0 Å². The number of carbonyl (C=O) groups excluding carboxylic acids is 2. The second kappa shape index (κ2) is 6.01. The third-order valence-corrected chi connectivity index (χ3v) is 2.39. The number of Topliss-reactive ketones (excluding diaryl/α,β-unsaturated/α-hetero) is 1. The molecule has 0 radical (unpaired) electrons. The Hall–Kier alpha value is -1.70. The predicted octanol–water partition coefficient (Wildman–Crippen LogP) is 2.64. The molecule has 84 valence electrons. The average Bonchev–Trinajstić information content (AvgIpc) is 2.29. The van der Waals surface area contributed by atoms with Crippen LogP contribution >= 0.6 is 0 Å². The van der Waals surface area contributed by atoms with Crippen LogP contribution < -0.4 is 0 Å². The van der Waals surface area contributed by atoms with Gasteiger partial charge >= 0.3 is 0 Å². The molecular weight excluding hydrogens is 200 g/mol. The first kappa shape index (κ1) is 12.4. The van der Waals surface area contributed by atoms with Crippen molar-refractivity contribution in [1.82, 2.24) is 0 Å². The van der Waals surface area contributed by atoms with Gasteiger partial charge in [-0.05, 0) is 25.8 Å². The predicted molar refractivity (Wildman–Crippen MR) is 64.3 cm³/mol. The fourth-order valence-corrected chi connectivity index (χ4v) is 1.42. The number of aldehydes is 1. The summed E-state index contributed by atoms with van der Waals surface area (Å²) in [6.07, 6.45) is 3.22. The van der Waals surface area contributed by atoms with Crippen LogP contribution in [0.2, 0.25) is 0 Å². The number of ketones is 1. The van der Waals surface area contributed by atoms with Crippen LogP contribution in [-0.4, -0.2) is 12.1 Å². The van der Waals surface area contributed by atoms with E-state index in [2.05, 4.69) is 31.2 Å². The van der Waals surface area contributed by atoms with Gasteiger partial charge in [0, 0.05) is 6.42 Å². The molecule has 0 fully saturated rings. The van der Waals surface area contributed by atoms with Gasteiger partial charge in [-0.1, -0.05) is 41.5 Å². The second-order valence-electron chi connectivity index (χ2n) is 4.00. The highest BCUT2D eigenvalue weighted by Gasteiger charge is 1.98. The smallest absolute Gasteiger partial charge is 0.198 e. The Balaban J connectivity index is 2.56. The summed E-state index contributed by atoms with van der Waals surface area (Å²) in [6, 6.07) is 8.29. The van der Waals surface area contributed by atoms with E-state index < -0.39 is 0 Å². The second-order valence-corrected chi connectivity index (χ2v) is 4.00. The van der Waals surface area contributed by atoms with Gasteiger partial charge in [0.1, 0.15) is 0 Å². The Morgan fingerprint density at radius 3 is 2.44 bits per heavy atom. The lowest BCUT2D eigenvalue weighted by atomic mass is 10.0. The van der Waals surface area contributed by atoms with Crippen LogP contribution in [0.1, 0.15) is 24.5 Å². The molecule has 0 aliphatic heterocycles. The van der Waals surface area contributed by atoms with Crippen molar-refractivity contribution in [3.63, 3.8) is 0 Å². The number of carbonyl (C=O) groups is 2. The average molecular weight is 216 g/mol. The number of benzene rings is 1. The van der Waals surface area contributed by atoms with Crippen LogP contribution in [0.25, 0.3) is 0 Å². The van der Waals surface area contributed by atoms with Crippen molar-refractivity contribution < 1.29 is 9.59 Å². The van der Waals surface area contributed by atoms with E-state index in [9.17, 15) is 9.59 Å².